The maximum atomic E-state index is 10.8. The molecule has 0 fully saturated rings. The van der Waals surface area contributed by atoms with Gasteiger partial charge in [0.2, 0.25) is 6.39 Å². The first-order chi connectivity index (χ1) is 5.79. The molecule has 0 unspecified atom stereocenters. The lowest BCUT2D eigenvalue weighted by atomic mass is 10.4. The van der Waals surface area contributed by atoms with E-state index >= 15 is 0 Å². The van der Waals surface area contributed by atoms with E-state index in [0.717, 1.165) is 6.39 Å². The van der Waals surface area contributed by atoms with Crippen molar-refractivity contribution in [2.24, 2.45) is 0 Å². The number of hydrogen-bond donors (Lipinski definition) is 1. The summed E-state index contributed by atoms with van der Waals surface area (Å²) in [4.78, 5) is 3.71. The molecule has 2 N–H and O–H groups in total. The monoisotopic (exact) mass is 169 g/mol. The smallest absolute Gasteiger partial charge is 0.316 e. The Morgan fingerprint density at radius 3 is 2.83 bits per heavy atom. The average molecular weight is 169 g/mol. The highest BCUT2D eigenvalue weighted by Crippen LogP contribution is 2.14. The largest absolute Gasteiger partial charge is 0.359 e. The SMILES string of the molecule is Nc1no[n+]([O-])c1-c1ncon1. The van der Waals surface area contributed by atoms with Crippen molar-refractivity contribution in [1.82, 2.24) is 15.3 Å². The molecule has 2 rings (SSSR count). The van der Waals surface area contributed by atoms with Crippen molar-refractivity contribution in [2.75, 3.05) is 5.73 Å². The van der Waals surface area contributed by atoms with Crippen molar-refractivity contribution < 1.29 is 14.1 Å². The minimum absolute atomic E-state index is 0.0451. The van der Waals surface area contributed by atoms with Crippen molar-refractivity contribution in [2.45, 2.75) is 0 Å². The molecule has 0 saturated heterocycles. The standard InChI is InChI=1S/C4H3N5O3/c5-3-2(9(10)12-7-3)4-6-1-11-8-4/h1H,(H2,5,7). The molecular weight excluding hydrogens is 166 g/mol. The van der Waals surface area contributed by atoms with Gasteiger partial charge in [0, 0.05) is 0 Å². The second kappa shape index (κ2) is 2.19. The molecule has 0 atom stereocenters. The first kappa shape index (κ1) is 6.58. The van der Waals surface area contributed by atoms with Crippen LogP contribution in [-0.2, 0) is 0 Å². The molecule has 8 nitrogen and oxygen atoms in total. The summed E-state index contributed by atoms with van der Waals surface area (Å²) < 4.78 is 8.59. The van der Waals surface area contributed by atoms with Crippen LogP contribution in [-0.4, -0.2) is 15.3 Å². The van der Waals surface area contributed by atoms with E-state index in [9.17, 15) is 5.21 Å². The summed E-state index contributed by atoms with van der Waals surface area (Å²) in [6.07, 6.45) is 1.07. The van der Waals surface area contributed by atoms with Gasteiger partial charge in [-0.15, -0.1) is 0 Å². The van der Waals surface area contributed by atoms with Crippen LogP contribution in [0, 0.1) is 5.21 Å². The highest BCUT2D eigenvalue weighted by atomic mass is 16.8. The quantitative estimate of drug-likeness (QED) is 0.540. The van der Waals surface area contributed by atoms with E-state index in [1.54, 1.807) is 0 Å². The third kappa shape index (κ3) is 0.779. The predicted octanol–water partition coefficient (Wildman–Crippen LogP) is -1.06. The lowest BCUT2D eigenvalue weighted by Gasteiger charge is -1.86. The van der Waals surface area contributed by atoms with Crippen LogP contribution in [0.3, 0.4) is 0 Å². The van der Waals surface area contributed by atoms with E-state index in [-0.39, 0.29) is 22.2 Å². The lowest BCUT2D eigenvalue weighted by molar-refractivity contribution is -0.793. The fraction of sp³-hybridized carbons (Fsp3) is 0. The van der Waals surface area contributed by atoms with Crippen LogP contribution in [0.5, 0.6) is 0 Å². The van der Waals surface area contributed by atoms with E-state index in [2.05, 4.69) is 24.4 Å². The van der Waals surface area contributed by atoms with Crippen molar-refractivity contribution in [3.8, 4) is 11.5 Å². The van der Waals surface area contributed by atoms with Crippen LogP contribution in [0.15, 0.2) is 15.5 Å². The summed E-state index contributed by atoms with van der Waals surface area (Å²) in [5.74, 6) is -0.0323. The average Bonchev–Trinajstić information content (AvgIpc) is 2.61. The highest BCUT2D eigenvalue weighted by molar-refractivity contribution is 5.58. The molecule has 0 spiro atoms. The molecule has 0 aliphatic carbocycles. The maximum Gasteiger partial charge on any atom is 0.316 e. The first-order valence-electron chi connectivity index (χ1n) is 2.91. The van der Waals surface area contributed by atoms with Crippen molar-refractivity contribution in [3.05, 3.63) is 11.6 Å². The van der Waals surface area contributed by atoms with Crippen molar-refractivity contribution >= 4 is 5.82 Å². The molecule has 0 radical (unpaired) electrons. The van der Waals surface area contributed by atoms with E-state index < -0.39 is 0 Å². The highest BCUT2D eigenvalue weighted by Gasteiger charge is 2.21. The summed E-state index contributed by atoms with van der Waals surface area (Å²) in [6.45, 7) is 0. The first-order valence-corrected chi connectivity index (χ1v) is 2.91. The molecule has 8 heteroatoms. The van der Waals surface area contributed by atoms with E-state index in [4.69, 9.17) is 5.73 Å². The summed E-state index contributed by atoms with van der Waals surface area (Å²) in [6, 6.07) is 0. The summed E-state index contributed by atoms with van der Waals surface area (Å²) in [7, 11) is 0. The Hall–Kier alpha value is -2.12. The number of rotatable bonds is 1. The number of nitrogens with zero attached hydrogens (tertiary/aromatic N) is 4. The van der Waals surface area contributed by atoms with Gasteiger partial charge in [0.1, 0.15) is 0 Å². The molecule has 0 bridgehead atoms. The molecule has 2 aromatic rings. The zero-order chi connectivity index (χ0) is 8.55. The summed E-state index contributed by atoms with van der Waals surface area (Å²) >= 11 is 0. The molecule has 0 aliphatic rings. The molecule has 0 amide bonds. The third-order valence-electron chi connectivity index (χ3n) is 1.21. The van der Waals surface area contributed by atoms with Crippen LogP contribution in [0.4, 0.5) is 5.82 Å². The van der Waals surface area contributed by atoms with Crippen LogP contribution in [0.2, 0.25) is 0 Å². The van der Waals surface area contributed by atoms with E-state index in [0.29, 0.717) is 0 Å². The lowest BCUT2D eigenvalue weighted by Crippen LogP contribution is -2.25. The molecule has 2 heterocycles. The maximum absolute atomic E-state index is 10.8. The zero-order valence-electron chi connectivity index (χ0n) is 5.67. The Kier molecular flexibility index (Phi) is 1.20. The molecule has 0 aromatic carbocycles. The normalized spacial score (nSPS) is 10.3. The van der Waals surface area contributed by atoms with Crippen LogP contribution in [0.1, 0.15) is 0 Å². The molecule has 0 aliphatic heterocycles. The molecule has 2 aromatic heterocycles. The summed E-state index contributed by atoms with van der Waals surface area (Å²) in [5, 5.41) is 17.4. The fourth-order valence-electron chi connectivity index (χ4n) is 0.730. The Labute approximate surface area is 65.1 Å². The van der Waals surface area contributed by atoms with Gasteiger partial charge in [0.15, 0.2) is 0 Å². The Bertz CT molecular complexity index is 360. The van der Waals surface area contributed by atoms with Gasteiger partial charge in [-0.2, -0.15) is 4.98 Å². The molecule has 12 heavy (non-hydrogen) atoms. The van der Waals surface area contributed by atoms with Gasteiger partial charge in [-0.1, -0.05) is 5.16 Å². The van der Waals surface area contributed by atoms with Crippen molar-refractivity contribution in [1.29, 1.82) is 0 Å². The van der Waals surface area contributed by atoms with Crippen LogP contribution >= 0.6 is 0 Å². The second-order valence-corrected chi connectivity index (χ2v) is 1.92. The number of aromatic nitrogens is 4. The van der Waals surface area contributed by atoms with Crippen LogP contribution in [0.25, 0.3) is 11.5 Å². The van der Waals surface area contributed by atoms with Gasteiger partial charge in [0.25, 0.3) is 11.5 Å². The van der Waals surface area contributed by atoms with Gasteiger partial charge >= 0.3 is 5.82 Å². The van der Waals surface area contributed by atoms with Crippen LogP contribution < -0.4 is 10.6 Å². The van der Waals surface area contributed by atoms with E-state index in [1.807, 2.05) is 0 Å². The van der Waals surface area contributed by atoms with Gasteiger partial charge in [0.05, 0.1) is 5.16 Å². The van der Waals surface area contributed by atoms with Gasteiger partial charge in [-0.05, 0) is 4.90 Å². The molecular formula is C4H3N5O3. The van der Waals surface area contributed by atoms with Crippen molar-refractivity contribution in [3.63, 3.8) is 0 Å². The number of hydrogen-bond acceptors (Lipinski definition) is 7. The number of nitrogens with two attached hydrogens (primary N) is 1. The van der Waals surface area contributed by atoms with Gasteiger partial charge < -0.3 is 15.5 Å². The Morgan fingerprint density at radius 1 is 1.50 bits per heavy atom. The van der Waals surface area contributed by atoms with E-state index in [1.165, 1.54) is 0 Å². The molecule has 62 valence electrons. The predicted molar refractivity (Wildman–Crippen MR) is 33.2 cm³/mol. The van der Waals surface area contributed by atoms with Gasteiger partial charge in [-0.25, -0.2) is 0 Å². The fourth-order valence-corrected chi connectivity index (χ4v) is 0.730. The minimum Gasteiger partial charge on any atom is -0.359 e. The molecule has 0 saturated carbocycles. The number of anilines is 1. The Morgan fingerprint density at radius 2 is 2.33 bits per heavy atom. The van der Waals surface area contributed by atoms with Gasteiger partial charge in [-0.3, -0.25) is 4.63 Å². The summed E-state index contributed by atoms with van der Waals surface area (Å²) in [5.41, 5.74) is 5.23. The topological polar surface area (TPSA) is 118 Å². The number of nitrogen functional groups attached to an aromatic ring is 1. The minimum atomic E-state index is -0.0774. The third-order valence-corrected chi connectivity index (χ3v) is 1.21. The zero-order valence-corrected chi connectivity index (χ0v) is 5.67. The second-order valence-electron chi connectivity index (χ2n) is 1.92. The Balaban J connectivity index is 2.60.